The second kappa shape index (κ2) is 6.25. The lowest BCUT2D eigenvalue weighted by molar-refractivity contribution is -0.144. The monoisotopic (exact) mass is 305 g/mol. The molecule has 5 N–H and O–H groups in total. The predicted octanol–water partition coefficient (Wildman–Crippen LogP) is -0.332. The molecule has 0 fully saturated rings. The number of carboxylic acid groups (broad SMARTS) is 1. The predicted molar refractivity (Wildman–Crippen MR) is 61.9 cm³/mol. The third-order valence-electron chi connectivity index (χ3n) is 2.01. The van der Waals surface area contributed by atoms with Crippen molar-refractivity contribution in [1.82, 2.24) is 4.90 Å². The van der Waals surface area contributed by atoms with Crippen LogP contribution in [0.5, 0.6) is 0 Å². The largest absolute Gasteiger partial charge is 0.480 e. The molecule has 1 unspecified atom stereocenters. The van der Waals surface area contributed by atoms with Crippen LogP contribution in [0, 0.1) is 5.92 Å². The van der Waals surface area contributed by atoms with Gasteiger partial charge in [-0.15, -0.1) is 0 Å². The average molecular weight is 305 g/mol. The summed E-state index contributed by atoms with van der Waals surface area (Å²) in [7, 11) is -9.24. The van der Waals surface area contributed by atoms with E-state index in [4.69, 9.17) is 24.7 Å². The van der Waals surface area contributed by atoms with Gasteiger partial charge in [-0.2, -0.15) is 0 Å². The molecule has 0 saturated carbocycles. The van der Waals surface area contributed by atoms with Gasteiger partial charge in [0.1, 0.15) is 18.6 Å². The van der Waals surface area contributed by atoms with Gasteiger partial charge in [0.05, 0.1) is 0 Å². The smallest absolute Gasteiger partial charge is 0.339 e. The van der Waals surface area contributed by atoms with Crippen LogP contribution >= 0.6 is 15.2 Å². The fourth-order valence-electron chi connectivity index (χ4n) is 1.56. The Kier molecular flexibility index (Phi) is 6.16. The molecule has 0 bridgehead atoms. The number of nitrogens with zero attached hydrogens (tertiary/aromatic N) is 1. The van der Waals surface area contributed by atoms with E-state index in [1.165, 1.54) is 13.8 Å². The van der Waals surface area contributed by atoms with E-state index >= 15 is 0 Å². The van der Waals surface area contributed by atoms with Crippen molar-refractivity contribution in [3.05, 3.63) is 0 Å². The lowest BCUT2D eigenvalue weighted by Crippen LogP contribution is -2.45. The van der Waals surface area contributed by atoms with E-state index in [9.17, 15) is 13.9 Å². The zero-order valence-corrected chi connectivity index (χ0v) is 11.7. The summed E-state index contributed by atoms with van der Waals surface area (Å²) in [6, 6.07) is -1.38. The van der Waals surface area contributed by atoms with Crippen LogP contribution in [0.2, 0.25) is 0 Å². The van der Waals surface area contributed by atoms with E-state index in [0.717, 1.165) is 0 Å². The van der Waals surface area contributed by atoms with Gasteiger partial charge in [0.25, 0.3) is 0 Å². The van der Waals surface area contributed by atoms with E-state index in [2.05, 4.69) is 0 Å². The molecule has 0 amide bonds. The van der Waals surface area contributed by atoms with E-state index in [1.807, 2.05) is 0 Å². The van der Waals surface area contributed by atoms with Crippen LogP contribution in [0.25, 0.3) is 0 Å². The lowest BCUT2D eigenvalue weighted by Gasteiger charge is -2.31. The molecular formula is C7H17NO8P2. The number of hydrogen-bond donors (Lipinski definition) is 5. The van der Waals surface area contributed by atoms with Gasteiger partial charge in [-0.3, -0.25) is 18.8 Å². The summed E-state index contributed by atoms with van der Waals surface area (Å²) in [4.78, 5) is 46.9. The topological polar surface area (TPSA) is 156 Å². The summed E-state index contributed by atoms with van der Waals surface area (Å²) in [5.41, 5.74) is 0. The molecule has 0 heterocycles. The zero-order chi connectivity index (χ0) is 14.7. The van der Waals surface area contributed by atoms with Crippen molar-refractivity contribution in [3.8, 4) is 0 Å². The van der Waals surface area contributed by atoms with Crippen molar-refractivity contribution < 1.29 is 38.6 Å². The van der Waals surface area contributed by atoms with Gasteiger partial charge in [0.15, 0.2) is 0 Å². The van der Waals surface area contributed by atoms with Gasteiger partial charge in [-0.25, -0.2) is 0 Å². The molecule has 0 spiro atoms. The number of rotatable bonds is 7. The fraction of sp³-hybridized carbons (Fsp3) is 0.857. The molecule has 0 rings (SSSR count). The lowest BCUT2D eigenvalue weighted by atomic mass is 10.0. The first kappa shape index (κ1) is 17.7. The molecule has 9 nitrogen and oxygen atoms in total. The van der Waals surface area contributed by atoms with Gasteiger partial charge in [-0.05, 0) is 5.92 Å². The van der Waals surface area contributed by atoms with Crippen LogP contribution in [0.3, 0.4) is 0 Å². The second-order valence-electron chi connectivity index (χ2n) is 4.23. The third-order valence-corrected chi connectivity index (χ3v) is 3.47. The molecule has 18 heavy (non-hydrogen) atoms. The molecule has 11 heteroatoms. The van der Waals surface area contributed by atoms with Crippen molar-refractivity contribution in [2.75, 3.05) is 12.6 Å². The van der Waals surface area contributed by atoms with Gasteiger partial charge >= 0.3 is 21.2 Å². The first-order chi connectivity index (χ1) is 7.83. The molecule has 0 aromatic carbocycles. The highest BCUT2D eigenvalue weighted by Crippen LogP contribution is 2.42. The average Bonchev–Trinajstić information content (AvgIpc) is 1.93. The van der Waals surface area contributed by atoms with Crippen molar-refractivity contribution in [2.24, 2.45) is 5.92 Å². The van der Waals surface area contributed by atoms with Crippen molar-refractivity contribution in [2.45, 2.75) is 19.9 Å². The number of carbonyl (C=O) groups is 1. The fourth-order valence-corrected chi connectivity index (χ4v) is 3.21. The minimum absolute atomic E-state index is 0.569. The molecule has 108 valence electrons. The van der Waals surface area contributed by atoms with Crippen LogP contribution < -0.4 is 0 Å². The van der Waals surface area contributed by atoms with Gasteiger partial charge in [-0.1, -0.05) is 13.8 Å². The molecule has 0 saturated heterocycles. The molecule has 0 aromatic rings. The minimum atomic E-state index is -4.62. The van der Waals surface area contributed by atoms with Crippen molar-refractivity contribution in [3.63, 3.8) is 0 Å². The molecule has 0 aliphatic heterocycles. The number of hydrogen-bond acceptors (Lipinski definition) is 4. The summed E-state index contributed by atoms with van der Waals surface area (Å²) in [6.45, 7) is 2.95. The first-order valence-corrected chi connectivity index (χ1v) is 8.49. The standard InChI is InChI=1S/C7H17NO8P2/c1-5(2)6(7(9)10)8(3-17(11,12)13)4-18(14,15)16/h5-6H,3-4H2,1-2H3,(H,9,10)(H2,11,12,13)(H2,14,15,16). The molecule has 0 aliphatic carbocycles. The molecule has 0 aromatic heterocycles. The van der Waals surface area contributed by atoms with Gasteiger partial charge in [0, 0.05) is 0 Å². The Morgan fingerprint density at radius 3 is 1.56 bits per heavy atom. The number of aliphatic carboxylic acids is 1. The molecule has 1 atom stereocenters. The molecule has 0 aliphatic rings. The van der Waals surface area contributed by atoms with Crippen LogP contribution in [-0.2, 0) is 13.9 Å². The van der Waals surface area contributed by atoms with E-state index in [-0.39, 0.29) is 0 Å². The Balaban J connectivity index is 5.23. The summed E-state index contributed by atoms with van der Waals surface area (Å²) < 4.78 is 21.8. The first-order valence-electron chi connectivity index (χ1n) is 4.89. The quantitative estimate of drug-likeness (QED) is 0.397. The highest BCUT2D eigenvalue weighted by atomic mass is 31.2. The molecule has 0 radical (unpaired) electrons. The summed E-state index contributed by atoms with van der Waals surface area (Å²) >= 11 is 0. The minimum Gasteiger partial charge on any atom is -0.480 e. The maximum atomic E-state index is 11.0. The van der Waals surface area contributed by atoms with Crippen molar-refractivity contribution >= 4 is 21.2 Å². The highest BCUT2D eigenvalue weighted by Gasteiger charge is 2.36. The Morgan fingerprint density at radius 2 is 1.39 bits per heavy atom. The SMILES string of the molecule is CC(C)C(C(=O)O)N(CP(=O)(O)O)CP(=O)(O)O. The maximum Gasteiger partial charge on any atom is 0.339 e. The maximum absolute atomic E-state index is 11.0. The van der Waals surface area contributed by atoms with Crippen LogP contribution in [0.15, 0.2) is 0 Å². The summed E-state index contributed by atoms with van der Waals surface area (Å²) in [5.74, 6) is -1.97. The van der Waals surface area contributed by atoms with Crippen LogP contribution in [0.4, 0.5) is 0 Å². The highest BCUT2D eigenvalue weighted by molar-refractivity contribution is 7.52. The van der Waals surface area contributed by atoms with Crippen molar-refractivity contribution in [1.29, 1.82) is 0 Å². The normalized spacial score (nSPS) is 15.1. The van der Waals surface area contributed by atoms with E-state index < -0.39 is 45.7 Å². The molecular weight excluding hydrogens is 288 g/mol. The van der Waals surface area contributed by atoms with Crippen LogP contribution in [-0.4, -0.2) is 54.2 Å². The Bertz CT molecular complexity index is 361. The Morgan fingerprint density at radius 1 is 1.06 bits per heavy atom. The van der Waals surface area contributed by atoms with Gasteiger partial charge in [0.2, 0.25) is 0 Å². The third kappa shape index (κ3) is 7.23. The van der Waals surface area contributed by atoms with E-state index in [0.29, 0.717) is 4.90 Å². The Labute approximate surface area is 104 Å². The second-order valence-corrected chi connectivity index (χ2v) is 7.45. The Hall–Kier alpha value is -0.270. The number of carboxylic acids is 1. The zero-order valence-electron chi connectivity index (χ0n) is 9.87. The van der Waals surface area contributed by atoms with Crippen LogP contribution in [0.1, 0.15) is 13.8 Å². The summed E-state index contributed by atoms with van der Waals surface area (Å²) in [6.07, 6.45) is -2.04. The van der Waals surface area contributed by atoms with E-state index in [1.54, 1.807) is 0 Å². The van der Waals surface area contributed by atoms with Gasteiger partial charge < -0.3 is 24.7 Å². The summed E-state index contributed by atoms with van der Waals surface area (Å²) in [5, 5.41) is 8.96.